The maximum Gasteiger partial charge on any atom is 0.244 e. The molecular weight excluding hydrogens is 462 g/mol. The molecule has 1 saturated heterocycles. The number of hydrogen-bond donors (Lipinski definition) is 3. The van der Waals surface area contributed by atoms with Gasteiger partial charge in [-0.3, -0.25) is 29.3 Å². The Morgan fingerprint density at radius 2 is 1.69 bits per heavy atom. The van der Waals surface area contributed by atoms with Gasteiger partial charge in [0.2, 0.25) is 23.6 Å². The van der Waals surface area contributed by atoms with Crippen LogP contribution in [0.4, 0.5) is 0 Å². The maximum absolute atomic E-state index is 13.1. The van der Waals surface area contributed by atoms with E-state index in [1.54, 1.807) is 56.6 Å². The highest BCUT2D eigenvalue weighted by Gasteiger charge is 2.46. The van der Waals surface area contributed by atoms with Crippen molar-refractivity contribution in [2.45, 2.75) is 39.3 Å². The average Bonchev–Trinajstić information content (AvgIpc) is 3.12. The number of nitrogens with one attached hydrogen (secondary N) is 3. The maximum atomic E-state index is 13.1. The predicted octanol–water partition coefficient (Wildman–Crippen LogP) is 1.36. The van der Waals surface area contributed by atoms with E-state index in [0.29, 0.717) is 11.1 Å². The van der Waals surface area contributed by atoms with Crippen molar-refractivity contribution in [3.63, 3.8) is 0 Å². The van der Waals surface area contributed by atoms with E-state index in [2.05, 4.69) is 25.9 Å². The Hall–Kier alpha value is -4.21. The minimum Gasteiger partial charge on any atom is -0.346 e. The second-order valence-corrected chi connectivity index (χ2v) is 8.99. The van der Waals surface area contributed by atoms with E-state index in [4.69, 9.17) is 0 Å². The van der Waals surface area contributed by atoms with Crippen molar-refractivity contribution in [2.75, 3.05) is 0 Å². The molecule has 1 aromatic heterocycles. The van der Waals surface area contributed by atoms with Crippen LogP contribution in [0.2, 0.25) is 0 Å². The molecule has 4 atom stereocenters. The van der Waals surface area contributed by atoms with Crippen molar-refractivity contribution in [1.29, 1.82) is 0 Å². The molecule has 2 heterocycles. The van der Waals surface area contributed by atoms with E-state index >= 15 is 0 Å². The zero-order valence-electron chi connectivity index (χ0n) is 20.3. The standard InChI is InChI=1S/C26H29N5O5/c1-15(2)23(24(34)22-16(3)25(35)31-26(22)36)30-21(33)11-19(18-7-5-4-6-8-18)29-20(32)10-9-17-12-27-14-28-13-17/h4-10,12-16,19,22-23H,11H2,1-3H3,(H,29,32)(H,30,33)(H,31,35,36)/b10-9+/t16-,19-,22+,23-/m0/s1. The molecule has 0 aliphatic carbocycles. The minimum atomic E-state index is -1.15. The highest BCUT2D eigenvalue weighted by atomic mass is 16.2. The van der Waals surface area contributed by atoms with E-state index in [9.17, 15) is 24.0 Å². The van der Waals surface area contributed by atoms with Crippen LogP contribution in [0.3, 0.4) is 0 Å². The number of aromatic nitrogens is 2. The fourth-order valence-corrected chi connectivity index (χ4v) is 3.97. The van der Waals surface area contributed by atoms with Crippen LogP contribution in [-0.2, 0) is 24.0 Å². The van der Waals surface area contributed by atoms with Crippen LogP contribution in [0, 0.1) is 17.8 Å². The van der Waals surface area contributed by atoms with Gasteiger partial charge >= 0.3 is 0 Å². The molecular formula is C26H29N5O5. The van der Waals surface area contributed by atoms with Crippen molar-refractivity contribution in [3.05, 3.63) is 66.3 Å². The van der Waals surface area contributed by atoms with Gasteiger partial charge in [0.05, 0.1) is 24.4 Å². The van der Waals surface area contributed by atoms with Gasteiger partial charge in [-0.25, -0.2) is 9.97 Å². The number of carbonyl (C=O) groups excluding carboxylic acids is 5. The molecule has 3 rings (SSSR count). The summed E-state index contributed by atoms with van der Waals surface area (Å²) >= 11 is 0. The Balaban J connectivity index is 1.72. The number of amides is 4. The Kier molecular flexibility index (Phi) is 8.77. The number of imide groups is 1. The molecule has 4 amide bonds. The predicted molar refractivity (Wildman–Crippen MR) is 131 cm³/mol. The first-order valence-corrected chi connectivity index (χ1v) is 11.6. The molecule has 10 heteroatoms. The third-order valence-electron chi connectivity index (χ3n) is 5.95. The molecule has 10 nitrogen and oxygen atoms in total. The van der Waals surface area contributed by atoms with E-state index in [0.717, 1.165) is 0 Å². The van der Waals surface area contributed by atoms with E-state index in [1.165, 1.54) is 19.3 Å². The fraction of sp³-hybridized carbons (Fsp3) is 0.346. The number of nitrogens with zero attached hydrogens (tertiary/aromatic N) is 2. The van der Waals surface area contributed by atoms with Gasteiger partial charge in [-0.2, -0.15) is 0 Å². The first kappa shape index (κ1) is 26.4. The summed E-state index contributed by atoms with van der Waals surface area (Å²) in [6, 6.07) is 7.34. The summed E-state index contributed by atoms with van der Waals surface area (Å²) in [7, 11) is 0. The van der Waals surface area contributed by atoms with E-state index < -0.39 is 53.3 Å². The topological polar surface area (TPSA) is 147 Å². The summed E-state index contributed by atoms with van der Waals surface area (Å²) in [6.07, 6.45) is 7.24. The van der Waals surface area contributed by atoms with Crippen molar-refractivity contribution in [2.24, 2.45) is 17.8 Å². The summed E-state index contributed by atoms with van der Waals surface area (Å²) in [5, 5.41) is 7.71. The third kappa shape index (κ3) is 6.68. The largest absolute Gasteiger partial charge is 0.346 e. The smallest absolute Gasteiger partial charge is 0.244 e. The minimum absolute atomic E-state index is 0.139. The number of benzene rings is 1. The summed E-state index contributed by atoms with van der Waals surface area (Å²) in [4.78, 5) is 70.5. The fourth-order valence-electron chi connectivity index (χ4n) is 3.97. The molecule has 0 radical (unpaired) electrons. The van der Waals surface area contributed by atoms with Crippen LogP contribution in [0.15, 0.2) is 55.1 Å². The number of carbonyl (C=O) groups is 5. The molecule has 188 valence electrons. The Morgan fingerprint density at radius 3 is 2.28 bits per heavy atom. The van der Waals surface area contributed by atoms with Crippen molar-refractivity contribution >= 4 is 35.5 Å². The Labute approximate surface area is 209 Å². The van der Waals surface area contributed by atoms with Crippen LogP contribution >= 0.6 is 0 Å². The lowest BCUT2D eigenvalue weighted by Gasteiger charge is -2.25. The summed E-state index contributed by atoms with van der Waals surface area (Å²) in [5.74, 6) is -4.85. The van der Waals surface area contributed by atoms with Gasteiger partial charge in [-0.05, 0) is 17.6 Å². The van der Waals surface area contributed by atoms with Gasteiger partial charge in [0.25, 0.3) is 0 Å². The highest BCUT2D eigenvalue weighted by Crippen LogP contribution is 2.24. The molecule has 0 bridgehead atoms. The summed E-state index contributed by atoms with van der Waals surface area (Å²) < 4.78 is 0. The van der Waals surface area contributed by atoms with Crippen molar-refractivity contribution in [1.82, 2.24) is 25.9 Å². The van der Waals surface area contributed by atoms with E-state index in [1.807, 2.05) is 6.07 Å². The van der Waals surface area contributed by atoms with Gasteiger partial charge in [0.1, 0.15) is 12.2 Å². The van der Waals surface area contributed by atoms with Crippen molar-refractivity contribution in [3.8, 4) is 0 Å². The van der Waals surface area contributed by atoms with Gasteiger partial charge in [0.15, 0.2) is 5.78 Å². The second kappa shape index (κ2) is 12.0. The Bertz CT molecular complexity index is 1150. The second-order valence-electron chi connectivity index (χ2n) is 8.99. The molecule has 2 aromatic rings. The zero-order chi connectivity index (χ0) is 26.2. The monoisotopic (exact) mass is 491 g/mol. The van der Waals surface area contributed by atoms with Gasteiger partial charge in [-0.15, -0.1) is 0 Å². The van der Waals surface area contributed by atoms with Crippen LogP contribution in [0.25, 0.3) is 6.08 Å². The molecule has 36 heavy (non-hydrogen) atoms. The molecule has 3 N–H and O–H groups in total. The molecule has 1 fully saturated rings. The van der Waals surface area contributed by atoms with Crippen LogP contribution < -0.4 is 16.0 Å². The number of Topliss-reactive ketones (excluding diaryl/α,β-unsaturated/α-hetero) is 1. The third-order valence-corrected chi connectivity index (χ3v) is 5.95. The molecule has 0 saturated carbocycles. The Morgan fingerprint density at radius 1 is 1.03 bits per heavy atom. The molecule has 1 aromatic carbocycles. The SMILES string of the molecule is CC(C)[C@H](NC(=O)C[C@H](NC(=O)/C=C/c1cncnc1)c1ccccc1)C(=O)[C@@H]1C(=O)NC(=O)[C@H]1C. The van der Waals surface area contributed by atoms with Gasteiger partial charge < -0.3 is 10.6 Å². The summed E-state index contributed by atoms with van der Waals surface area (Å²) in [6.45, 7) is 5.01. The quantitative estimate of drug-likeness (QED) is 0.258. The summed E-state index contributed by atoms with van der Waals surface area (Å²) in [5.41, 5.74) is 1.35. The molecule has 0 spiro atoms. The van der Waals surface area contributed by atoms with E-state index in [-0.39, 0.29) is 12.3 Å². The van der Waals surface area contributed by atoms with Crippen molar-refractivity contribution < 1.29 is 24.0 Å². The average molecular weight is 492 g/mol. The number of rotatable bonds is 10. The molecule has 1 aliphatic rings. The normalized spacial score (nSPS) is 19.1. The molecule has 0 unspecified atom stereocenters. The zero-order valence-corrected chi connectivity index (χ0v) is 20.3. The van der Waals surface area contributed by atoms with Gasteiger partial charge in [0, 0.05) is 24.0 Å². The number of ketones is 1. The lowest BCUT2D eigenvalue weighted by Crippen LogP contribution is -2.49. The number of hydrogen-bond acceptors (Lipinski definition) is 7. The highest BCUT2D eigenvalue weighted by molar-refractivity contribution is 6.16. The lowest BCUT2D eigenvalue weighted by atomic mass is 9.85. The van der Waals surface area contributed by atoms with Crippen LogP contribution in [0.5, 0.6) is 0 Å². The van der Waals surface area contributed by atoms with Crippen LogP contribution in [0.1, 0.15) is 44.4 Å². The first-order valence-electron chi connectivity index (χ1n) is 11.6. The van der Waals surface area contributed by atoms with Gasteiger partial charge in [-0.1, -0.05) is 51.1 Å². The molecule has 1 aliphatic heterocycles. The lowest BCUT2D eigenvalue weighted by molar-refractivity contribution is -0.137. The first-order chi connectivity index (χ1) is 17.2. The van der Waals surface area contributed by atoms with Crippen LogP contribution in [-0.4, -0.2) is 45.4 Å².